The zero-order chi connectivity index (χ0) is 21.3. The number of methoxy groups -OCH3 is 1. The second-order valence-corrected chi connectivity index (χ2v) is 9.82. The number of piperazine rings is 1. The highest BCUT2D eigenvalue weighted by atomic mass is 16.5. The van der Waals surface area contributed by atoms with Crippen molar-refractivity contribution in [3.8, 4) is 0 Å². The summed E-state index contributed by atoms with van der Waals surface area (Å²) in [6, 6.07) is 18.3. The maximum atomic E-state index is 5.86. The normalized spacial score (nSPS) is 23.7. The Morgan fingerprint density at radius 1 is 0.903 bits per heavy atom. The third-order valence-corrected chi connectivity index (χ3v) is 7.94. The number of rotatable bonds is 6. The third kappa shape index (κ3) is 4.20. The first-order chi connectivity index (χ1) is 15.2. The molecule has 5 rings (SSSR count). The summed E-state index contributed by atoms with van der Waals surface area (Å²) in [4.78, 5) is 7.60. The van der Waals surface area contributed by atoms with Crippen LogP contribution in [0.1, 0.15) is 36.8 Å². The van der Waals surface area contributed by atoms with Gasteiger partial charge < -0.3 is 19.4 Å². The molecule has 0 N–H and O–H groups in total. The lowest BCUT2D eigenvalue weighted by atomic mass is 9.75. The van der Waals surface area contributed by atoms with Crippen molar-refractivity contribution in [2.75, 3.05) is 63.2 Å². The molecule has 2 heterocycles. The van der Waals surface area contributed by atoms with Crippen LogP contribution in [0.5, 0.6) is 0 Å². The van der Waals surface area contributed by atoms with Crippen molar-refractivity contribution < 1.29 is 4.74 Å². The van der Waals surface area contributed by atoms with E-state index in [1.807, 2.05) is 7.11 Å². The zero-order valence-corrected chi connectivity index (χ0v) is 19.2. The largest absolute Gasteiger partial charge is 0.374 e. The zero-order valence-electron chi connectivity index (χ0n) is 19.2. The van der Waals surface area contributed by atoms with E-state index in [-0.39, 0.29) is 5.60 Å². The van der Waals surface area contributed by atoms with Crippen LogP contribution in [0, 0.1) is 5.92 Å². The Labute approximate surface area is 187 Å². The van der Waals surface area contributed by atoms with Gasteiger partial charge >= 0.3 is 0 Å². The van der Waals surface area contributed by atoms with Gasteiger partial charge in [-0.05, 0) is 74.4 Å². The lowest BCUT2D eigenvalue weighted by molar-refractivity contribution is -0.0778. The van der Waals surface area contributed by atoms with Crippen LogP contribution in [0.15, 0.2) is 48.5 Å². The van der Waals surface area contributed by atoms with Crippen molar-refractivity contribution >= 4 is 11.4 Å². The highest BCUT2D eigenvalue weighted by molar-refractivity contribution is 5.55. The van der Waals surface area contributed by atoms with E-state index in [0.717, 1.165) is 58.0 Å². The predicted octanol–water partition coefficient (Wildman–Crippen LogP) is 4.53. The van der Waals surface area contributed by atoms with Crippen LogP contribution < -0.4 is 9.80 Å². The summed E-state index contributed by atoms with van der Waals surface area (Å²) in [5.74, 6) is 0.727. The van der Waals surface area contributed by atoms with E-state index in [0.29, 0.717) is 0 Å². The van der Waals surface area contributed by atoms with Gasteiger partial charge in [-0.2, -0.15) is 0 Å². The van der Waals surface area contributed by atoms with Gasteiger partial charge in [0.25, 0.3) is 0 Å². The molecule has 1 atom stereocenters. The van der Waals surface area contributed by atoms with E-state index in [1.165, 1.54) is 41.8 Å². The molecule has 1 saturated carbocycles. The molecule has 2 saturated heterocycles. The van der Waals surface area contributed by atoms with Crippen LogP contribution >= 0.6 is 0 Å². The van der Waals surface area contributed by atoms with Crippen molar-refractivity contribution in [2.24, 2.45) is 5.92 Å². The summed E-state index contributed by atoms with van der Waals surface area (Å²) in [6.45, 7) is 6.92. The van der Waals surface area contributed by atoms with Gasteiger partial charge in [-0.1, -0.05) is 30.3 Å². The van der Waals surface area contributed by atoms with E-state index >= 15 is 0 Å². The van der Waals surface area contributed by atoms with Gasteiger partial charge in [-0.3, -0.25) is 0 Å². The summed E-state index contributed by atoms with van der Waals surface area (Å²) in [5.41, 5.74) is 5.69. The number of likely N-dealkylation sites (N-methyl/N-ethyl adjacent to an activating group) is 1. The molecule has 1 unspecified atom stereocenters. The quantitative estimate of drug-likeness (QED) is 0.685. The molecule has 0 spiro atoms. The Balaban J connectivity index is 1.23. The second-order valence-electron chi connectivity index (χ2n) is 9.82. The van der Waals surface area contributed by atoms with Gasteiger partial charge in [0.1, 0.15) is 0 Å². The van der Waals surface area contributed by atoms with Crippen LogP contribution in [0.3, 0.4) is 0 Å². The Kier molecular flexibility index (Phi) is 5.94. The third-order valence-electron chi connectivity index (χ3n) is 7.94. The topological polar surface area (TPSA) is 19.0 Å². The summed E-state index contributed by atoms with van der Waals surface area (Å²) in [7, 11) is 4.09. The van der Waals surface area contributed by atoms with Crippen molar-refractivity contribution in [1.82, 2.24) is 4.90 Å². The molecule has 4 heteroatoms. The molecule has 0 aromatic heterocycles. The fourth-order valence-electron chi connectivity index (χ4n) is 5.67. The van der Waals surface area contributed by atoms with Gasteiger partial charge in [-0.15, -0.1) is 0 Å². The fraction of sp³-hybridized carbons (Fsp3) is 0.556. The Hall–Kier alpha value is -2.04. The molecule has 3 fully saturated rings. The van der Waals surface area contributed by atoms with Gasteiger partial charge in [-0.25, -0.2) is 0 Å². The Morgan fingerprint density at radius 3 is 2.32 bits per heavy atom. The number of hydrogen-bond acceptors (Lipinski definition) is 4. The summed E-state index contributed by atoms with van der Waals surface area (Å²) in [6.07, 6.45) is 6.05. The average Bonchev–Trinajstić information content (AvgIpc) is 3.24. The molecular weight excluding hydrogens is 382 g/mol. The SMILES string of the molecule is COC1(c2ccc(N3CCC(Cc4ccccc4N4CCN(C)CC4)C3)cc2)CCC1. The van der Waals surface area contributed by atoms with Gasteiger partial charge in [0.15, 0.2) is 0 Å². The van der Waals surface area contributed by atoms with E-state index in [1.54, 1.807) is 0 Å². The van der Waals surface area contributed by atoms with E-state index in [9.17, 15) is 0 Å². The van der Waals surface area contributed by atoms with Crippen LogP contribution in [0.4, 0.5) is 11.4 Å². The van der Waals surface area contributed by atoms with Crippen molar-refractivity contribution in [3.05, 3.63) is 59.7 Å². The Bertz CT molecular complexity index is 863. The lowest BCUT2D eigenvalue weighted by Crippen LogP contribution is -2.44. The standard InChI is InChI=1S/C27H37N3O/c1-28-16-18-29(19-17-28)26-7-4-3-6-23(26)20-22-12-15-30(21-22)25-10-8-24(9-11-25)27(31-2)13-5-14-27/h3-4,6-11,22H,5,12-21H2,1-2H3. The van der Waals surface area contributed by atoms with Crippen LogP contribution in [0.2, 0.25) is 0 Å². The van der Waals surface area contributed by atoms with Crippen molar-refractivity contribution in [1.29, 1.82) is 0 Å². The molecule has 0 radical (unpaired) electrons. The van der Waals surface area contributed by atoms with Crippen molar-refractivity contribution in [2.45, 2.75) is 37.7 Å². The second kappa shape index (κ2) is 8.84. The molecular formula is C27H37N3O. The molecule has 166 valence electrons. The van der Waals surface area contributed by atoms with E-state index in [2.05, 4.69) is 70.3 Å². The summed E-state index contributed by atoms with van der Waals surface area (Å²) < 4.78 is 5.86. The summed E-state index contributed by atoms with van der Waals surface area (Å²) >= 11 is 0. The molecule has 2 aromatic rings. The maximum Gasteiger partial charge on any atom is 0.0927 e. The smallest absolute Gasteiger partial charge is 0.0927 e. The number of hydrogen-bond donors (Lipinski definition) is 0. The lowest BCUT2D eigenvalue weighted by Gasteiger charge is -2.41. The van der Waals surface area contributed by atoms with Gasteiger partial charge in [0.2, 0.25) is 0 Å². The number of benzene rings is 2. The molecule has 4 nitrogen and oxygen atoms in total. The van der Waals surface area contributed by atoms with Gasteiger partial charge in [0, 0.05) is 57.8 Å². The molecule has 2 aliphatic heterocycles. The minimum atomic E-state index is -0.0148. The first-order valence-corrected chi connectivity index (χ1v) is 12.1. The van der Waals surface area contributed by atoms with Crippen LogP contribution in [0.25, 0.3) is 0 Å². The van der Waals surface area contributed by atoms with E-state index in [4.69, 9.17) is 4.74 Å². The molecule has 3 aliphatic rings. The number of para-hydroxylation sites is 1. The molecule has 0 bridgehead atoms. The van der Waals surface area contributed by atoms with Gasteiger partial charge in [0.05, 0.1) is 5.60 Å². The van der Waals surface area contributed by atoms with Crippen molar-refractivity contribution in [3.63, 3.8) is 0 Å². The maximum absolute atomic E-state index is 5.86. The molecule has 1 aliphatic carbocycles. The first-order valence-electron chi connectivity index (χ1n) is 12.1. The highest BCUT2D eigenvalue weighted by Gasteiger charge is 2.38. The monoisotopic (exact) mass is 419 g/mol. The Morgan fingerprint density at radius 2 is 1.65 bits per heavy atom. The fourth-order valence-corrected chi connectivity index (χ4v) is 5.67. The van der Waals surface area contributed by atoms with Crippen LogP contribution in [-0.4, -0.2) is 58.3 Å². The average molecular weight is 420 g/mol. The van der Waals surface area contributed by atoms with E-state index < -0.39 is 0 Å². The molecule has 2 aromatic carbocycles. The minimum absolute atomic E-state index is 0.0148. The predicted molar refractivity (Wildman–Crippen MR) is 129 cm³/mol. The number of nitrogens with zero attached hydrogens (tertiary/aromatic N) is 3. The first kappa shape index (κ1) is 20.8. The minimum Gasteiger partial charge on any atom is -0.374 e. The number of anilines is 2. The molecule has 31 heavy (non-hydrogen) atoms. The van der Waals surface area contributed by atoms with Crippen LogP contribution in [-0.2, 0) is 16.8 Å². The molecule has 0 amide bonds. The highest BCUT2D eigenvalue weighted by Crippen LogP contribution is 2.44. The number of ether oxygens (including phenoxy) is 1. The summed E-state index contributed by atoms with van der Waals surface area (Å²) in [5, 5.41) is 0.